The van der Waals surface area contributed by atoms with E-state index in [1.54, 1.807) is 41.3 Å². The minimum absolute atomic E-state index is 0.114. The molecule has 1 unspecified atom stereocenters. The zero-order valence-corrected chi connectivity index (χ0v) is 20.3. The van der Waals surface area contributed by atoms with Gasteiger partial charge in [-0.1, -0.05) is 23.7 Å². The Balaban J connectivity index is 1.55. The quantitative estimate of drug-likeness (QED) is 0.405. The van der Waals surface area contributed by atoms with Crippen LogP contribution in [0.2, 0.25) is 5.02 Å². The van der Waals surface area contributed by atoms with E-state index >= 15 is 0 Å². The maximum absolute atomic E-state index is 13.6. The Bertz CT molecular complexity index is 1140. The Morgan fingerprint density at radius 3 is 2.37 bits per heavy atom. The highest BCUT2D eigenvalue weighted by Crippen LogP contribution is 2.19. The van der Waals surface area contributed by atoms with Crippen molar-refractivity contribution in [3.8, 4) is 0 Å². The van der Waals surface area contributed by atoms with Crippen LogP contribution in [0.1, 0.15) is 40.3 Å². The summed E-state index contributed by atoms with van der Waals surface area (Å²) in [6.07, 6.45) is 1.65. The molecule has 2 amide bonds. The molecule has 1 saturated heterocycles. The van der Waals surface area contributed by atoms with Crippen molar-refractivity contribution in [3.05, 3.63) is 94.2 Å². The fourth-order valence-electron chi connectivity index (χ4n) is 4.09. The first-order chi connectivity index (χ1) is 16.9. The summed E-state index contributed by atoms with van der Waals surface area (Å²) in [5.74, 6) is 0.522. The second kappa shape index (κ2) is 11.5. The number of carbonyl (C=O) groups is 2. The third-order valence-corrected chi connectivity index (χ3v) is 6.19. The molecular formula is C27H28ClFN2O4. The molecule has 35 heavy (non-hydrogen) atoms. The number of carbonyl (C=O) groups excluding carboxylic acids is 2. The normalized spacial score (nSPS) is 15.2. The zero-order valence-electron chi connectivity index (χ0n) is 19.6. The molecule has 1 atom stereocenters. The first kappa shape index (κ1) is 24.9. The molecular weight excluding hydrogens is 471 g/mol. The molecule has 0 N–H and O–H groups in total. The lowest BCUT2D eigenvalue weighted by Gasteiger charge is -2.29. The van der Waals surface area contributed by atoms with Crippen molar-refractivity contribution in [1.29, 1.82) is 0 Å². The Kier molecular flexibility index (Phi) is 8.21. The number of benzene rings is 2. The minimum Gasteiger partial charge on any atom is -0.464 e. The predicted octanol–water partition coefficient (Wildman–Crippen LogP) is 5.23. The van der Waals surface area contributed by atoms with Gasteiger partial charge in [0.15, 0.2) is 0 Å². The summed E-state index contributed by atoms with van der Waals surface area (Å²) in [6, 6.07) is 16.3. The van der Waals surface area contributed by atoms with Gasteiger partial charge in [-0.2, -0.15) is 0 Å². The van der Waals surface area contributed by atoms with Crippen molar-refractivity contribution in [2.45, 2.75) is 39.0 Å². The maximum Gasteiger partial charge on any atom is 0.254 e. The van der Waals surface area contributed by atoms with Crippen molar-refractivity contribution in [2.24, 2.45) is 0 Å². The fraction of sp³-hybridized carbons (Fsp3) is 0.333. The van der Waals surface area contributed by atoms with Crippen LogP contribution < -0.4 is 0 Å². The molecule has 0 aliphatic carbocycles. The Hall–Kier alpha value is -3.16. The Morgan fingerprint density at radius 1 is 1.00 bits per heavy atom. The second-order valence-corrected chi connectivity index (χ2v) is 9.15. The van der Waals surface area contributed by atoms with Crippen molar-refractivity contribution in [2.75, 3.05) is 19.7 Å². The van der Waals surface area contributed by atoms with Crippen LogP contribution in [-0.4, -0.2) is 47.4 Å². The topological polar surface area (TPSA) is 63.0 Å². The van der Waals surface area contributed by atoms with Crippen LogP contribution in [0.3, 0.4) is 0 Å². The van der Waals surface area contributed by atoms with Crippen molar-refractivity contribution >= 4 is 23.4 Å². The molecule has 2 aromatic carbocycles. The van der Waals surface area contributed by atoms with E-state index in [0.717, 1.165) is 24.2 Å². The van der Waals surface area contributed by atoms with Gasteiger partial charge in [0.1, 0.15) is 23.9 Å². The van der Waals surface area contributed by atoms with E-state index in [1.807, 2.05) is 19.1 Å². The first-order valence-corrected chi connectivity index (χ1v) is 12.0. The summed E-state index contributed by atoms with van der Waals surface area (Å²) in [5, 5.41) is 0.530. The first-order valence-electron chi connectivity index (χ1n) is 11.6. The van der Waals surface area contributed by atoms with Gasteiger partial charge in [-0.3, -0.25) is 9.59 Å². The third-order valence-electron chi connectivity index (χ3n) is 5.93. The molecule has 0 spiro atoms. The van der Waals surface area contributed by atoms with Gasteiger partial charge in [-0.05, 0) is 73.9 Å². The Morgan fingerprint density at radius 2 is 1.74 bits per heavy atom. The number of hydrogen-bond donors (Lipinski definition) is 0. The molecule has 1 aromatic heterocycles. The van der Waals surface area contributed by atoms with Crippen LogP contribution in [0.25, 0.3) is 0 Å². The molecule has 8 heteroatoms. The van der Waals surface area contributed by atoms with Crippen LogP contribution in [0, 0.1) is 12.7 Å². The molecule has 0 bridgehead atoms. The van der Waals surface area contributed by atoms with Gasteiger partial charge in [0.2, 0.25) is 5.91 Å². The monoisotopic (exact) mass is 498 g/mol. The van der Waals surface area contributed by atoms with Crippen molar-refractivity contribution in [3.63, 3.8) is 0 Å². The Labute approximate surface area is 209 Å². The third kappa shape index (κ3) is 6.93. The van der Waals surface area contributed by atoms with Crippen LogP contribution in [0.4, 0.5) is 4.39 Å². The number of nitrogens with zero attached hydrogens (tertiary/aromatic N) is 2. The predicted molar refractivity (Wildman–Crippen MR) is 130 cm³/mol. The van der Waals surface area contributed by atoms with Crippen LogP contribution in [0.15, 0.2) is 65.1 Å². The summed E-state index contributed by atoms with van der Waals surface area (Å²) < 4.78 is 24.9. The van der Waals surface area contributed by atoms with E-state index in [0.29, 0.717) is 29.5 Å². The molecule has 1 fully saturated rings. The van der Waals surface area contributed by atoms with E-state index in [9.17, 15) is 14.0 Å². The highest BCUT2D eigenvalue weighted by molar-refractivity contribution is 6.30. The second-order valence-electron chi connectivity index (χ2n) is 8.72. The number of aryl methyl sites for hydroxylation is 1. The number of amides is 2. The van der Waals surface area contributed by atoms with Crippen molar-refractivity contribution < 1.29 is 23.1 Å². The average Bonchev–Trinajstić information content (AvgIpc) is 3.51. The van der Waals surface area contributed by atoms with Crippen LogP contribution >= 0.6 is 11.6 Å². The van der Waals surface area contributed by atoms with E-state index in [1.165, 1.54) is 17.0 Å². The number of ether oxygens (including phenoxy) is 1. The summed E-state index contributed by atoms with van der Waals surface area (Å²) >= 11 is 5.99. The molecule has 2 heterocycles. The largest absolute Gasteiger partial charge is 0.464 e. The SMILES string of the molecule is Cc1ccc(CN(Cc2ccc(F)cc2)C(=O)CN(CC2CCCO2)C(=O)c2ccc(Cl)cc2)o1. The van der Waals surface area contributed by atoms with Crippen LogP contribution in [0.5, 0.6) is 0 Å². The van der Waals surface area contributed by atoms with Crippen LogP contribution in [-0.2, 0) is 22.6 Å². The summed E-state index contributed by atoms with van der Waals surface area (Å²) in [6.45, 7) is 3.16. The van der Waals surface area contributed by atoms with Gasteiger partial charge >= 0.3 is 0 Å². The lowest BCUT2D eigenvalue weighted by atomic mass is 10.1. The molecule has 1 aliphatic rings. The number of hydrogen-bond acceptors (Lipinski definition) is 4. The molecule has 0 saturated carbocycles. The summed E-state index contributed by atoms with van der Waals surface area (Å²) in [7, 11) is 0. The van der Waals surface area contributed by atoms with E-state index in [2.05, 4.69) is 0 Å². The van der Waals surface area contributed by atoms with Gasteiger partial charge in [0.05, 0.1) is 12.6 Å². The van der Waals surface area contributed by atoms with Gasteiger partial charge in [0.25, 0.3) is 5.91 Å². The minimum atomic E-state index is -0.343. The highest BCUT2D eigenvalue weighted by Gasteiger charge is 2.27. The average molecular weight is 499 g/mol. The lowest BCUT2D eigenvalue weighted by Crippen LogP contribution is -2.45. The molecule has 6 nitrogen and oxygen atoms in total. The lowest BCUT2D eigenvalue weighted by molar-refractivity contribution is -0.133. The van der Waals surface area contributed by atoms with E-state index < -0.39 is 0 Å². The van der Waals surface area contributed by atoms with Gasteiger partial charge in [-0.25, -0.2) is 4.39 Å². The van der Waals surface area contributed by atoms with E-state index in [4.69, 9.17) is 20.8 Å². The molecule has 1 aliphatic heterocycles. The molecule has 184 valence electrons. The molecule has 4 rings (SSSR count). The van der Waals surface area contributed by atoms with Crippen molar-refractivity contribution in [1.82, 2.24) is 9.80 Å². The fourth-order valence-corrected chi connectivity index (χ4v) is 4.22. The highest BCUT2D eigenvalue weighted by atomic mass is 35.5. The summed E-state index contributed by atoms with van der Waals surface area (Å²) in [4.78, 5) is 30.1. The number of furan rings is 1. The summed E-state index contributed by atoms with van der Waals surface area (Å²) in [5.41, 5.74) is 1.23. The van der Waals surface area contributed by atoms with Gasteiger partial charge in [0, 0.05) is 30.3 Å². The number of rotatable bonds is 9. The van der Waals surface area contributed by atoms with Gasteiger partial charge < -0.3 is 19.0 Å². The maximum atomic E-state index is 13.6. The number of halogens is 2. The standard InChI is InChI=1S/C27H28ClFN2O4/c1-19-4-13-25(35-19)17-30(15-20-5-11-23(29)12-6-20)26(32)18-31(16-24-3-2-14-34-24)27(33)21-7-9-22(28)10-8-21/h4-13,24H,2-3,14-18H2,1H3. The smallest absolute Gasteiger partial charge is 0.254 e. The van der Waals surface area contributed by atoms with E-state index in [-0.39, 0.29) is 43.4 Å². The molecule has 3 aromatic rings. The van der Waals surface area contributed by atoms with Gasteiger partial charge in [-0.15, -0.1) is 0 Å². The zero-order chi connectivity index (χ0) is 24.8. The molecule has 0 radical (unpaired) electrons.